The summed E-state index contributed by atoms with van der Waals surface area (Å²) in [5, 5.41) is 3.41. The predicted octanol–water partition coefficient (Wildman–Crippen LogP) is 2.23. The largest absolute Gasteiger partial charge is 0.472 e. The third-order valence-electron chi connectivity index (χ3n) is 2.19. The number of likely N-dealkylation sites (N-methyl/N-ethyl adjacent to an activating group) is 1. The normalized spacial score (nSPS) is 13.3. The fourth-order valence-corrected chi connectivity index (χ4v) is 1.48. The van der Waals surface area contributed by atoms with Gasteiger partial charge in [0.2, 0.25) is 0 Å². The maximum absolute atomic E-state index is 5.61. The summed E-state index contributed by atoms with van der Waals surface area (Å²) in [5.74, 6) is 0. The van der Waals surface area contributed by atoms with Crippen LogP contribution >= 0.6 is 0 Å². The van der Waals surface area contributed by atoms with Gasteiger partial charge >= 0.3 is 0 Å². The van der Waals surface area contributed by atoms with E-state index < -0.39 is 0 Å². The van der Waals surface area contributed by atoms with Crippen molar-refractivity contribution in [1.29, 1.82) is 0 Å². The van der Waals surface area contributed by atoms with E-state index in [1.165, 1.54) is 5.56 Å². The van der Waals surface area contributed by atoms with Crippen molar-refractivity contribution in [2.24, 2.45) is 0 Å². The summed E-state index contributed by atoms with van der Waals surface area (Å²) in [7, 11) is 0. The van der Waals surface area contributed by atoms with Gasteiger partial charge in [0.15, 0.2) is 0 Å². The van der Waals surface area contributed by atoms with Crippen LogP contribution in [0.4, 0.5) is 0 Å². The second-order valence-electron chi connectivity index (χ2n) is 3.97. The summed E-state index contributed by atoms with van der Waals surface area (Å²) in [4.78, 5) is 0. The van der Waals surface area contributed by atoms with Gasteiger partial charge < -0.3 is 14.5 Å². The fraction of sp³-hybridized carbons (Fsp3) is 0.667. The smallest absolute Gasteiger partial charge is 0.0935 e. The highest BCUT2D eigenvalue weighted by Gasteiger charge is 2.10. The van der Waals surface area contributed by atoms with Crippen LogP contribution in [0.3, 0.4) is 0 Å². The van der Waals surface area contributed by atoms with E-state index in [0.29, 0.717) is 6.04 Å². The van der Waals surface area contributed by atoms with Crippen LogP contribution in [0.2, 0.25) is 0 Å². The lowest BCUT2D eigenvalue weighted by Gasteiger charge is -2.18. The van der Waals surface area contributed by atoms with E-state index in [9.17, 15) is 0 Å². The molecule has 0 radical (unpaired) electrons. The fourth-order valence-electron chi connectivity index (χ4n) is 1.48. The Morgan fingerprint density at radius 3 is 2.80 bits per heavy atom. The van der Waals surface area contributed by atoms with Gasteiger partial charge in [0, 0.05) is 6.04 Å². The first-order chi connectivity index (χ1) is 7.22. The second kappa shape index (κ2) is 6.64. The van der Waals surface area contributed by atoms with Crippen molar-refractivity contribution in [2.45, 2.75) is 39.3 Å². The van der Waals surface area contributed by atoms with E-state index in [0.717, 1.165) is 19.6 Å². The lowest BCUT2D eigenvalue weighted by molar-refractivity contribution is 0.0616. The van der Waals surface area contributed by atoms with Crippen LogP contribution in [0.15, 0.2) is 23.0 Å². The quantitative estimate of drug-likeness (QED) is 0.751. The molecule has 0 fully saturated rings. The molecule has 0 saturated heterocycles. The van der Waals surface area contributed by atoms with E-state index >= 15 is 0 Å². The highest BCUT2D eigenvalue weighted by molar-refractivity contribution is 5.07. The van der Waals surface area contributed by atoms with Crippen molar-refractivity contribution < 1.29 is 9.15 Å². The number of furan rings is 1. The molecule has 1 aromatic heterocycles. The molecule has 0 amide bonds. The number of hydrogen-bond acceptors (Lipinski definition) is 3. The van der Waals surface area contributed by atoms with Crippen molar-refractivity contribution in [3.63, 3.8) is 0 Å². The highest BCUT2D eigenvalue weighted by atomic mass is 16.5. The van der Waals surface area contributed by atoms with Crippen molar-refractivity contribution in [3.05, 3.63) is 24.2 Å². The Bertz CT molecular complexity index is 244. The first kappa shape index (κ1) is 12.3. The van der Waals surface area contributed by atoms with Gasteiger partial charge in [-0.3, -0.25) is 0 Å². The number of hydrogen-bond donors (Lipinski definition) is 1. The third kappa shape index (κ3) is 5.00. The molecule has 3 heteroatoms. The number of nitrogens with one attached hydrogen (secondary N) is 1. The Kier molecular flexibility index (Phi) is 5.43. The Hall–Kier alpha value is -0.800. The Labute approximate surface area is 91.8 Å². The molecule has 1 unspecified atom stereocenters. The summed E-state index contributed by atoms with van der Waals surface area (Å²) in [6, 6.07) is 2.37. The van der Waals surface area contributed by atoms with Gasteiger partial charge in [-0.2, -0.15) is 0 Å². The van der Waals surface area contributed by atoms with E-state index in [2.05, 4.69) is 26.1 Å². The van der Waals surface area contributed by atoms with E-state index in [1.807, 2.05) is 6.07 Å². The zero-order valence-corrected chi connectivity index (χ0v) is 9.82. The molecule has 1 heterocycles. The molecular formula is C12H21NO2. The molecule has 0 bridgehead atoms. The van der Waals surface area contributed by atoms with Gasteiger partial charge in [0.05, 0.1) is 25.2 Å². The topological polar surface area (TPSA) is 34.4 Å². The summed E-state index contributed by atoms with van der Waals surface area (Å²) in [6.45, 7) is 7.93. The molecular weight excluding hydrogens is 190 g/mol. The summed E-state index contributed by atoms with van der Waals surface area (Å²) >= 11 is 0. The lowest BCUT2D eigenvalue weighted by atomic mass is 10.1. The summed E-state index contributed by atoms with van der Waals surface area (Å²) in [5.41, 5.74) is 1.22. The lowest BCUT2D eigenvalue weighted by Crippen LogP contribution is -2.36. The van der Waals surface area contributed by atoms with E-state index in [1.54, 1.807) is 12.5 Å². The standard InChI is InChI=1S/C12H21NO2/c1-4-13-12(9-15-10(2)3)7-11-5-6-14-8-11/h5-6,8,10,12-13H,4,7,9H2,1-3H3. The van der Waals surface area contributed by atoms with Crippen LogP contribution in [-0.4, -0.2) is 25.3 Å². The molecule has 1 N–H and O–H groups in total. The van der Waals surface area contributed by atoms with Crippen molar-refractivity contribution in [3.8, 4) is 0 Å². The van der Waals surface area contributed by atoms with Crippen LogP contribution in [0.5, 0.6) is 0 Å². The van der Waals surface area contributed by atoms with Crippen LogP contribution in [0, 0.1) is 0 Å². The number of ether oxygens (including phenoxy) is 1. The average Bonchev–Trinajstić information content (AvgIpc) is 2.67. The van der Waals surface area contributed by atoms with E-state index in [4.69, 9.17) is 9.15 Å². The van der Waals surface area contributed by atoms with Gasteiger partial charge in [-0.05, 0) is 38.4 Å². The molecule has 0 aliphatic rings. The molecule has 0 spiro atoms. The van der Waals surface area contributed by atoms with Crippen molar-refractivity contribution >= 4 is 0 Å². The number of rotatable bonds is 7. The van der Waals surface area contributed by atoms with Gasteiger partial charge in [0.25, 0.3) is 0 Å². The van der Waals surface area contributed by atoms with Gasteiger partial charge in [-0.15, -0.1) is 0 Å². The highest BCUT2D eigenvalue weighted by Crippen LogP contribution is 2.05. The molecule has 15 heavy (non-hydrogen) atoms. The molecule has 3 nitrogen and oxygen atoms in total. The minimum atomic E-state index is 0.288. The molecule has 1 rings (SSSR count). The summed E-state index contributed by atoms with van der Waals surface area (Å²) < 4.78 is 10.7. The van der Waals surface area contributed by atoms with Gasteiger partial charge in [-0.1, -0.05) is 6.92 Å². The predicted molar refractivity (Wildman–Crippen MR) is 61.0 cm³/mol. The maximum Gasteiger partial charge on any atom is 0.0935 e. The minimum Gasteiger partial charge on any atom is -0.472 e. The van der Waals surface area contributed by atoms with Crippen LogP contribution in [0.1, 0.15) is 26.3 Å². The maximum atomic E-state index is 5.61. The second-order valence-corrected chi connectivity index (χ2v) is 3.97. The van der Waals surface area contributed by atoms with E-state index in [-0.39, 0.29) is 6.10 Å². The first-order valence-electron chi connectivity index (χ1n) is 5.58. The SMILES string of the molecule is CCNC(COC(C)C)Cc1ccoc1. The van der Waals surface area contributed by atoms with Crippen LogP contribution in [-0.2, 0) is 11.2 Å². The average molecular weight is 211 g/mol. The molecule has 86 valence electrons. The van der Waals surface area contributed by atoms with Gasteiger partial charge in [0.1, 0.15) is 0 Å². The Morgan fingerprint density at radius 2 is 2.27 bits per heavy atom. The Balaban J connectivity index is 2.36. The summed E-state index contributed by atoms with van der Waals surface area (Å²) in [6.07, 6.45) is 4.74. The molecule has 1 atom stereocenters. The first-order valence-corrected chi connectivity index (χ1v) is 5.58. The van der Waals surface area contributed by atoms with Crippen LogP contribution < -0.4 is 5.32 Å². The monoisotopic (exact) mass is 211 g/mol. The molecule has 1 aromatic rings. The van der Waals surface area contributed by atoms with Crippen molar-refractivity contribution in [2.75, 3.05) is 13.2 Å². The minimum absolute atomic E-state index is 0.288. The van der Waals surface area contributed by atoms with Crippen molar-refractivity contribution in [1.82, 2.24) is 5.32 Å². The van der Waals surface area contributed by atoms with Gasteiger partial charge in [-0.25, -0.2) is 0 Å². The zero-order chi connectivity index (χ0) is 11.1. The molecule has 0 aliphatic carbocycles. The molecule has 0 saturated carbocycles. The van der Waals surface area contributed by atoms with Crippen LogP contribution in [0.25, 0.3) is 0 Å². The molecule has 0 aliphatic heterocycles. The molecule has 0 aromatic carbocycles. The zero-order valence-electron chi connectivity index (χ0n) is 9.82. The Morgan fingerprint density at radius 1 is 1.47 bits per heavy atom. The third-order valence-corrected chi connectivity index (χ3v) is 2.19.